The maximum absolute atomic E-state index is 11.7. The number of aliphatic hydroxyl groups excluding tert-OH is 5. The van der Waals surface area contributed by atoms with Crippen molar-refractivity contribution in [2.24, 2.45) is 0 Å². The molecule has 0 heterocycles. The second-order valence-corrected chi connectivity index (χ2v) is 9.39. The van der Waals surface area contributed by atoms with Crippen LogP contribution in [0.1, 0.15) is 122 Å². The van der Waals surface area contributed by atoms with E-state index in [2.05, 4.69) is 6.92 Å². The van der Waals surface area contributed by atoms with Crippen LogP contribution in [0.3, 0.4) is 0 Å². The molecular formula is C26H52O7. The number of esters is 1. The first kappa shape index (κ1) is 32.3. The molecule has 0 aliphatic heterocycles. The predicted molar refractivity (Wildman–Crippen MR) is 131 cm³/mol. The number of hydrogen-bond donors (Lipinski definition) is 5. The Morgan fingerprint density at radius 2 is 0.970 bits per heavy atom. The highest BCUT2D eigenvalue weighted by Crippen LogP contribution is 2.14. The van der Waals surface area contributed by atoms with Crippen molar-refractivity contribution in [1.82, 2.24) is 0 Å². The lowest BCUT2D eigenvalue weighted by Crippen LogP contribution is -2.47. The van der Waals surface area contributed by atoms with Gasteiger partial charge in [0.15, 0.2) is 0 Å². The van der Waals surface area contributed by atoms with Crippen molar-refractivity contribution in [3.8, 4) is 0 Å². The topological polar surface area (TPSA) is 127 Å². The van der Waals surface area contributed by atoms with Crippen molar-refractivity contribution in [3.63, 3.8) is 0 Å². The lowest BCUT2D eigenvalue weighted by atomic mass is 10.0. The van der Waals surface area contributed by atoms with E-state index in [1.165, 1.54) is 89.9 Å². The molecule has 0 aromatic carbocycles. The van der Waals surface area contributed by atoms with Crippen LogP contribution in [0.15, 0.2) is 0 Å². The molecule has 0 unspecified atom stereocenters. The number of carbonyl (C=O) groups is 1. The van der Waals surface area contributed by atoms with E-state index in [0.717, 1.165) is 19.3 Å². The molecule has 0 saturated heterocycles. The summed E-state index contributed by atoms with van der Waals surface area (Å²) < 4.78 is 4.91. The Bertz CT molecular complexity index is 433. The van der Waals surface area contributed by atoms with Crippen molar-refractivity contribution >= 4 is 5.97 Å². The van der Waals surface area contributed by atoms with E-state index in [9.17, 15) is 25.2 Å². The Morgan fingerprint density at radius 3 is 1.36 bits per heavy atom. The van der Waals surface area contributed by atoms with Crippen molar-refractivity contribution in [1.29, 1.82) is 0 Å². The van der Waals surface area contributed by atoms with Gasteiger partial charge in [0.1, 0.15) is 31.0 Å². The normalized spacial score (nSPS) is 15.2. The summed E-state index contributed by atoms with van der Waals surface area (Å²) in [6.07, 6.45) is 15.4. The molecule has 7 nitrogen and oxygen atoms in total. The van der Waals surface area contributed by atoms with Gasteiger partial charge in [-0.2, -0.15) is 0 Å². The van der Waals surface area contributed by atoms with E-state index in [0.29, 0.717) is 0 Å². The summed E-state index contributed by atoms with van der Waals surface area (Å²) >= 11 is 0. The second kappa shape index (κ2) is 23.0. The summed E-state index contributed by atoms with van der Waals surface area (Å²) in [5.41, 5.74) is 0. The Hall–Kier alpha value is -0.730. The highest BCUT2D eigenvalue weighted by atomic mass is 16.5. The van der Waals surface area contributed by atoms with Gasteiger partial charge in [-0.1, -0.05) is 110 Å². The van der Waals surface area contributed by atoms with Gasteiger partial charge in [-0.15, -0.1) is 0 Å². The molecule has 0 aromatic rings. The lowest BCUT2D eigenvalue weighted by Gasteiger charge is -2.25. The summed E-state index contributed by atoms with van der Waals surface area (Å²) in [6, 6.07) is 0. The molecule has 5 N–H and O–H groups in total. The zero-order valence-electron chi connectivity index (χ0n) is 21.0. The van der Waals surface area contributed by atoms with Crippen LogP contribution in [0, 0.1) is 0 Å². The summed E-state index contributed by atoms with van der Waals surface area (Å²) in [5, 5.41) is 46.9. The highest BCUT2D eigenvalue weighted by molar-refractivity contribution is 5.69. The molecule has 0 aliphatic carbocycles. The average Bonchev–Trinajstić information content (AvgIpc) is 2.82. The van der Waals surface area contributed by atoms with Gasteiger partial charge in [-0.3, -0.25) is 4.79 Å². The van der Waals surface area contributed by atoms with E-state index in [1.807, 2.05) is 0 Å². The van der Waals surface area contributed by atoms with Gasteiger partial charge in [-0.05, 0) is 6.42 Å². The Morgan fingerprint density at radius 1 is 0.606 bits per heavy atom. The first-order valence-corrected chi connectivity index (χ1v) is 13.4. The van der Waals surface area contributed by atoms with E-state index in [1.54, 1.807) is 0 Å². The smallest absolute Gasteiger partial charge is 0.305 e. The van der Waals surface area contributed by atoms with Crippen molar-refractivity contribution < 1.29 is 35.1 Å². The third-order valence-electron chi connectivity index (χ3n) is 6.22. The van der Waals surface area contributed by atoms with Gasteiger partial charge in [0.2, 0.25) is 0 Å². The minimum Gasteiger partial charge on any atom is -0.463 e. The second-order valence-electron chi connectivity index (χ2n) is 9.39. The van der Waals surface area contributed by atoms with Crippen LogP contribution in [0.5, 0.6) is 0 Å². The number of hydrogen-bond acceptors (Lipinski definition) is 7. The van der Waals surface area contributed by atoms with Gasteiger partial charge in [0.25, 0.3) is 0 Å². The molecule has 4 atom stereocenters. The molecule has 33 heavy (non-hydrogen) atoms. The lowest BCUT2D eigenvalue weighted by molar-refractivity contribution is -0.156. The van der Waals surface area contributed by atoms with Crippen molar-refractivity contribution in [2.75, 3.05) is 13.2 Å². The third-order valence-corrected chi connectivity index (χ3v) is 6.22. The largest absolute Gasteiger partial charge is 0.463 e. The zero-order chi connectivity index (χ0) is 24.7. The number of carbonyl (C=O) groups excluding carboxylic acids is 1. The maximum Gasteiger partial charge on any atom is 0.305 e. The standard InChI is InChI=1S/C26H52O7/c1-2-3-4-5-6-7-8-9-10-11-12-13-14-15-16-17-18-19-24(30)33-21-23(29)26(32)25(31)22(28)20-27/h22-23,25-29,31-32H,2-21H2,1H3/t22-,23-,25-,26-/m0/s1. The molecule has 0 rings (SSSR count). The average molecular weight is 477 g/mol. The molecule has 0 aromatic heterocycles. The third kappa shape index (κ3) is 19.3. The SMILES string of the molecule is CCCCCCCCCCCCCCCCCCCC(=O)OC[C@H](O)[C@H](O)[C@@H](O)[C@@H](O)CO. The monoisotopic (exact) mass is 476 g/mol. The molecule has 0 fully saturated rings. The molecule has 0 saturated carbocycles. The van der Waals surface area contributed by atoms with Gasteiger partial charge in [-0.25, -0.2) is 0 Å². The van der Waals surface area contributed by atoms with Crippen LogP contribution >= 0.6 is 0 Å². The van der Waals surface area contributed by atoms with E-state index in [-0.39, 0.29) is 6.42 Å². The van der Waals surface area contributed by atoms with Crippen LogP contribution < -0.4 is 0 Å². The fraction of sp³-hybridized carbons (Fsp3) is 0.962. The van der Waals surface area contributed by atoms with Crippen LogP contribution in [0.4, 0.5) is 0 Å². The van der Waals surface area contributed by atoms with Crippen LogP contribution in [-0.2, 0) is 9.53 Å². The highest BCUT2D eigenvalue weighted by Gasteiger charge is 2.30. The molecule has 198 valence electrons. The number of unbranched alkanes of at least 4 members (excludes halogenated alkanes) is 16. The fourth-order valence-electron chi connectivity index (χ4n) is 3.91. The van der Waals surface area contributed by atoms with Crippen molar-refractivity contribution in [2.45, 2.75) is 147 Å². The quantitative estimate of drug-likeness (QED) is 0.105. The van der Waals surface area contributed by atoms with E-state index < -0.39 is 43.6 Å². The van der Waals surface area contributed by atoms with Gasteiger partial charge in [0, 0.05) is 6.42 Å². The summed E-state index contributed by atoms with van der Waals surface area (Å²) in [7, 11) is 0. The molecule has 0 amide bonds. The molecule has 0 radical (unpaired) electrons. The molecule has 0 aliphatic rings. The zero-order valence-corrected chi connectivity index (χ0v) is 21.0. The minimum absolute atomic E-state index is 0.253. The van der Waals surface area contributed by atoms with Gasteiger partial charge < -0.3 is 30.3 Å². The molecule has 0 bridgehead atoms. The molecular weight excluding hydrogens is 424 g/mol. The van der Waals surface area contributed by atoms with Crippen LogP contribution in [0.25, 0.3) is 0 Å². The fourth-order valence-corrected chi connectivity index (χ4v) is 3.91. The summed E-state index contributed by atoms with van der Waals surface area (Å²) in [4.78, 5) is 11.7. The number of rotatable bonds is 24. The van der Waals surface area contributed by atoms with E-state index >= 15 is 0 Å². The van der Waals surface area contributed by atoms with Gasteiger partial charge >= 0.3 is 5.97 Å². The first-order valence-electron chi connectivity index (χ1n) is 13.4. The summed E-state index contributed by atoms with van der Waals surface area (Å²) in [6.45, 7) is 1.05. The number of ether oxygens (including phenoxy) is 1. The van der Waals surface area contributed by atoms with Crippen LogP contribution in [0.2, 0.25) is 0 Å². The summed E-state index contributed by atoms with van der Waals surface area (Å²) in [5.74, 6) is -0.459. The molecule has 0 spiro atoms. The van der Waals surface area contributed by atoms with E-state index in [4.69, 9.17) is 9.84 Å². The van der Waals surface area contributed by atoms with Crippen LogP contribution in [-0.4, -0.2) is 69.1 Å². The minimum atomic E-state index is -1.71. The molecule has 7 heteroatoms. The Kier molecular flexibility index (Phi) is 22.5. The Labute approximate surface area is 201 Å². The van der Waals surface area contributed by atoms with Crippen molar-refractivity contribution in [3.05, 3.63) is 0 Å². The predicted octanol–water partition coefficient (Wildman–Crippen LogP) is 4.01. The van der Waals surface area contributed by atoms with Gasteiger partial charge in [0.05, 0.1) is 6.61 Å². The first-order chi connectivity index (χ1) is 15.9. The Balaban J connectivity index is 3.42. The number of aliphatic hydroxyl groups is 5. The maximum atomic E-state index is 11.7.